The van der Waals surface area contributed by atoms with Gasteiger partial charge in [0.05, 0.1) is 7.11 Å². The number of hydrogen-bond acceptors (Lipinski definition) is 2. The van der Waals surface area contributed by atoms with Crippen LogP contribution in [0.2, 0.25) is 0 Å². The Kier molecular flexibility index (Phi) is 4.63. The van der Waals surface area contributed by atoms with Crippen LogP contribution < -0.4 is 10.5 Å². The van der Waals surface area contributed by atoms with Gasteiger partial charge in [0.1, 0.15) is 5.75 Å². The molecule has 0 fully saturated rings. The highest BCUT2D eigenvalue weighted by Crippen LogP contribution is 2.33. The summed E-state index contributed by atoms with van der Waals surface area (Å²) in [7, 11) is 3.83. The molecule has 126 valence electrons. The van der Waals surface area contributed by atoms with Gasteiger partial charge in [0.25, 0.3) is 0 Å². The average Bonchev–Trinajstić information content (AvgIpc) is 2.91. The van der Waals surface area contributed by atoms with Crippen molar-refractivity contribution in [2.24, 2.45) is 12.8 Å². The molecule has 3 aromatic rings. The number of aryl methyl sites for hydroxylation is 3. The Morgan fingerprint density at radius 2 is 1.83 bits per heavy atom. The van der Waals surface area contributed by atoms with E-state index in [2.05, 4.69) is 68.1 Å². The molecule has 0 radical (unpaired) electrons. The summed E-state index contributed by atoms with van der Waals surface area (Å²) in [6, 6.07) is 12.9. The predicted octanol–water partition coefficient (Wildman–Crippen LogP) is 4.09. The maximum Gasteiger partial charge on any atom is 0.122 e. The molecule has 1 unspecified atom stereocenters. The van der Waals surface area contributed by atoms with Gasteiger partial charge < -0.3 is 15.0 Å². The van der Waals surface area contributed by atoms with E-state index in [-0.39, 0.29) is 5.92 Å². The lowest BCUT2D eigenvalue weighted by Gasteiger charge is -2.20. The van der Waals surface area contributed by atoms with Crippen molar-refractivity contribution >= 4 is 10.9 Å². The lowest BCUT2D eigenvalue weighted by atomic mass is 9.89. The van der Waals surface area contributed by atoms with E-state index in [9.17, 15) is 0 Å². The highest BCUT2D eigenvalue weighted by atomic mass is 16.5. The zero-order valence-electron chi connectivity index (χ0n) is 15.0. The van der Waals surface area contributed by atoms with Gasteiger partial charge in [-0.05, 0) is 61.2 Å². The molecule has 0 spiro atoms. The summed E-state index contributed by atoms with van der Waals surface area (Å²) in [6.45, 7) is 4.86. The molecule has 3 nitrogen and oxygen atoms in total. The van der Waals surface area contributed by atoms with Gasteiger partial charge in [-0.2, -0.15) is 0 Å². The van der Waals surface area contributed by atoms with Crippen LogP contribution in [0.4, 0.5) is 0 Å². The smallest absolute Gasteiger partial charge is 0.122 e. The largest absolute Gasteiger partial charge is 0.496 e. The van der Waals surface area contributed by atoms with Gasteiger partial charge in [-0.3, -0.25) is 0 Å². The van der Waals surface area contributed by atoms with Crippen LogP contribution in [0.25, 0.3) is 10.9 Å². The molecule has 1 atom stereocenters. The molecular formula is C21H26N2O. The van der Waals surface area contributed by atoms with Crippen LogP contribution in [0.5, 0.6) is 5.75 Å². The fourth-order valence-corrected chi connectivity index (χ4v) is 3.48. The van der Waals surface area contributed by atoms with E-state index in [1.807, 2.05) is 0 Å². The van der Waals surface area contributed by atoms with Gasteiger partial charge in [-0.15, -0.1) is 0 Å². The molecule has 2 aromatic carbocycles. The molecule has 1 heterocycles. The molecular weight excluding hydrogens is 296 g/mol. The number of methoxy groups -OCH3 is 1. The van der Waals surface area contributed by atoms with E-state index in [4.69, 9.17) is 10.5 Å². The van der Waals surface area contributed by atoms with Gasteiger partial charge in [-0.1, -0.05) is 24.3 Å². The third-order valence-electron chi connectivity index (χ3n) is 5.02. The van der Waals surface area contributed by atoms with Crippen LogP contribution in [0, 0.1) is 13.8 Å². The first-order chi connectivity index (χ1) is 11.5. The molecule has 3 heteroatoms. The van der Waals surface area contributed by atoms with Crippen LogP contribution in [0.1, 0.15) is 28.2 Å². The Hall–Kier alpha value is -2.26. The van der Waals surface area contributed by atoms with Crippen molar-refractivity contribution in [3.8, 4) is 5.75 Å². The summed E-state index contributed by atoms with van der Waals surface area (Å²) in [4.78, 5) is 0. The van der Waals surface area contributed by atoms with E-state index in [0.717, 1.165) is 12.2 Å². The van der Waals surface area contributed by atoms with Crippen molar-refractivity contribution in [2.45, 2.75) is 26.2 Å². The number of nitrogens with zero attached hydrogens (tertiary/aromatic N) is 1. The molecule has 1 aromatic heterocycles. The quantitative estimate of drug-likeness (QED) is 0.768. The second-order valence-corrected chi connectivity index (χ2v) is 6.60. The molecule has 0 amide bonds. The van der Waals surface area contributed by atoms with E-state index < -0.39 is 0 Å². The van der Waals surface area contributed by atoms with E-state index in [1.165, 1.54) is 33.2 Å². The van der Waals surface area contributed by atoms with E-state index in [0.29, 0.717) is 6.54 Å². The number of ether oxygens (including phenoxy) is 1. The number of nitrogens with two attached hydrogens (primary N) is 1. The molecule has 0 aliphatic heterocycles. The first-order valence-electron chi connectivity index (χ1n) is 8.43. The molecule has 0 bridgehead atoms. The number of rotatable bonds is 5. The Labute approximate surface area is 144 Å². The molecule has 2 N–H and O–H groups in total. The minimum atomic E-state index is 0.241. The highest BCUT2D eigenvalue weighted by molar-refractivity contribution is 5.84. The highest BCUT2D eigenvalue weighted by Gasteiger charge is 2.19. The fourth-order valence-electron chi connectivity index (χ4n) is 3.48. The Balaban J connectivity index is 2.02. The molecule has 24 heavy (non-hydrogen) atoms. The summed E-state index contributed by atoms with van der Waals surface area (Å²) < 4.78 is 7.82. The van der Waals surface area contributed by atoms with Gasteiger partial charge in [-0.25, -0.2) is 0 Å². The monoisotopic (exact) mass is 322 g/mol. The third kappa shape index (κ3) is 2.92. The van der Waals surface area contributed by atoms with Gasteiger partial charge >= 0.3 is 0 Å². The second-order valence-electron chi connectivity index (χ2n) is 6.60. The molecule has 0 aliphatic rings. The molecule has 0 saturated heterocycles. The van der Waals surface area contributed by atoms with Crippen LogP contribution >= 0.6 is 0 Å². The average molecular weight is 322 g/mol. The van der Waals surface area contributed by atoms with Crippen molar-refractivity contribution in [1.82, 2.24) is 4.57 Å². The normalized spacial score (nSPS) is 12.5. The van der Waals surface area contributed by atoms with Crippen molar-refractivity contribution in [2.75, 3.05) is 13.7 Å². The van der Waals surface area contributed by atoms with Crippen molar-refractivity contribution < 1.29 is 4.74 Å². The number of para-hydroxylation sites is 1. The zero-order chi connectivity index (χ0) is 17.3. The number of hydrogen-bond donors (Lipinski definition) is 1. The number of benzene rings is 2. The second kappa shape index (κ2) is 6.70. The van der Waals surface area contributed by atoms with Gasteiger partial charge in [0.15, 0.2) is 0 Å². The summed E-state index contributed by atoms with van der Waals surface area (Å²) in [5.74, 6) is 1.18. The van der Waals surface area contributed by atoms with Crippen LogP contribution in [0.15, 0.2) is 42.6 Å². The van der Waals surface area contributed by atoms with E-state index >= 15 is 0 Å². The van der Waals surface area contributed by atoms with E-state index in [1.54, 1.807) is 7.11 Å². The number of fused-ring (bicyclic) bond motifs is 1. The van der Waals surface area contributed by atoms with Gasteiger partial charge in [0.2, 0.25) is 0 Å². The Morgan fingerprint density at radius 3 is 2.54 bits per heavy atom. The van der Waals surface area contributed by atoms with Crippen molar-refractivity contribution in [1.29, 1.82) is 0 Å². The van der Waals surface area contributed by atoms with Crippen LogP contribution in [0.3, 0.4) is 0 Å². The first-order valence-corrected chi connectivity index (χ1v) is 8.43. The summed E-state index contributed by atoms with van der Waals surface area (Å²) in [5.41, 5.74) is 12.5. The van der Waals surface area contributed by atoms with Crippen LogP contribution in [-0.4, -0.2) is 18.2 Å². The third-order valence-corrected chi connectivity index (χ3v) is 5.02. The SMILES string of the molecule is COc1cc(C)c(C)cc1C(CN)Cc1cn(C)c2ccccc12. The van der Waals surface area contributed by atoms with Crippen molar-refractivity contribution in [3.05, 3.63) is 64.8 Å². The molecule has 3 rings (SSSR count). The standard InChI is InChI=1S/C21H26N2O/c1-14-9-19(21(24-4)10-15(14)2)16(12-22)11-17-13-23(3)20-8-6-5-7-18(17)20/h5-10,13,16H,11-12,22H2,1-4H3. The molecule has 0 saturated carbocycles. The minimum Gasteiger partial charge on any atom is -0.496 e. The predicted molar refractivity (Wildman–Crippen MR) is 101 cm³/mol. The number of aromatic nitrogens is 1. The summed E-state index contributed by atoms with van der Waals surface area (Å²) in [6.07, 6.45) is 3.14. The summed E-state index contributed by atoms with van der Waals surface area (Å²) in [5, 5.41) is 1.31. The van der Waals surface area contributed by atoms with Gasteiger partial charge in [0, 0.05) is 30.1 Å². The Bertz CT molecular complexity index is 864. The van der Waals surface area contributed by atoms with Crippen LogP contribution in [-0.2, 0) is 13.5 Å². The first kappa shape index (κ1) is 16.6. The maximum atomic E-state index is 6.15. The zero-order valence-corrected chi connectivity index (χ0v) is 15.0. The Morgan fingerprint density at radius 1 is 1.12 bits per heavy atom. The summed E-state index contributed by atoms with van der Waals surface area (Å²) >= 11 is 0. The lowest BCUT2D eigenvalue weighted by molar-refractivity contribution is 0.405. The maximum absolute atomic E-state index is 6.15. The molecule has 0 aliphatic carbocycles. The minimum absolute atomic E-state index is 0.241. The fraction of sp³-hybridized carbons (Fsp3) is 0.333. The van der Waals surface area contributed by atoms with Crippen molar-refractivity contribution in [3.63, 3.8) is 0 Å². The lowest BCUT2D eigenvalue weighted by Crippen LogP contribution is -2.16. The topological polar surface area (TPSA) is 40.2 Å².